The van der Waals surface area contributed by atoms with Crippen LogP contribution in [0.4, 0.5) is 0 Å². The zero-order chi connectivity index (χ0) is 88.1. The summed E-state index contributed by atoms with van der Waals surface area (Å²) in [7, 11) is 1.25. The third-order valence-corrected chi connectivity index (χ3v) is 43.8. The van der Waals surface area contributed by atoms with E-state index in [-0.39, 0.29) is 27.6 Å². The molecule has 0 spiro atoms. The van der Waals surface area contributed by atoms with Crippen LogP contribution < -0.4 is 28.4 Å². The van der Waals surface area contributed by atoms with Crippen LogP contribution in [0.3, 0.4) is 0 Å². The molecule has 127 heavy (non-hydrogen) atoms. The number of fused-ring (bicyclic) bond motifs is 5. The first kappa shape index (κ1) is 94.8. The standard InChI is InChI=1S/C36H55O2S.C32H45O2S.C25H35OS.C23H29O2S/c1-24-22-39(23-25(24)2)34-31-12-10-9-11-30(31)32(37-28-17-13-26(14-18-28)35(3,4)5)21-33(34)38-29-19-15-27(16-20-29)36(6,7)8;1-3-10-24(11-4-1)20-33-29-18-19-31(35-22-26-14-7-8-15-27(26)23-35)32-28(29)16-9-17-30(32)34-21-25-12-5-2-6-13-25;1-18-15-24(26-14-13-21-9-5-4-6-10-21)22-11-7-8-12-23(22)25(18)27-16-19(2)20(3)17-27;1-17(24)21-16-22(26-14-6-7-15-26)19-10-4-5-11-20(19)23(21)25-13-12-18-8-2-3-9-18/h9-12,21,24-29H,13-20,22-23H2,1-8H3;9,16-19,24-27H,1-8,10-15,20-23H2;7-8,11-12,15,19-21H,4-6,9-10,13-14,16-17H2,1-3H3;4-5,10-11,16,18H,2-3,6-9,12-15H2,1H3/q4*+1. The maximum Gasteiger partial charge on any atom is 0.204 e. The largest absolute Gasteiger partial charge is 0.493 e. The van der Waals surface area contributed by atoms with Crippen molar-refractivity contribution in [3.8, 4) is 34.5 Å². The molecule has 4 saturated heterocycles. The molecule has 7 saturated carbocycles. The summed E-state index contributed by atoms with van der Waals surface area (Å²) < 4.78 is 39.8. The number of Topliss-reactive ketones (excluding diaryl/α,β-unsaturated/α-hetero) is 1. The molecular formula is C116H164O7S4+4. The molecule has 0 amide bonds. The van der Waals surface area contributed by atoms with Crippen LogP contribution >= 0.6 is 0 Å². The summed E-state index contributed by atoms with van der Waals surface area (Å²) in [4.78, 5) is 18.5. The summed E-state index contributed by atoms with van der Waals surface area (Å²) in [6.07, 6.45) is 47.2. The first-order valence-corrected chi connectivity index (χ1v) is 58.1. The van der Waals surface area contributed by atoms with E-state index in [2.05, 4.69) is 197 Å². The quantitative estimate of drug-likeness (QED) is 0.0467. The number of hydrogen-bond acceptors (Lipinski definition) is 7. The van der Waals surface area contributed by atoms with Gasteiger partial charge in [0.05, 0.1) is 49.6 Å². The van der Waals surface area contributed by atoms with Gasteiger partial charge in [0.15, 0.2) is 26.2 Å². The highest BCUT2D eigenvalue weighted by atomic mass is 32.2. The predicted octanol–water partition coefficient (Wildman–Crippen LogP) is 31.2. The van der Waals surface area contributed by atoms with Gasteiger partial charge in [0.2, 0.25) is 4.90 Å². The van der Waals surface area contributed by atoms with Gasteiger partial charge in [-0.05, 0) is 218 Å². The van der Waals surface area contributed by atoms with E-state index < -0.39 is 0 Å². The second kappa shape index (κ2) is 44.7. The van der Waals surface area contributed by atoms with E-state index in [9.17, 15) is 4.79 Å². The fourth-order valence-electron chi connectivity index (χ4n) is 24.3. The topological polar surface area (TPSA) is 72.5 Å². The molecule has 8 aromatic rings. The Balaban J connectivity index is 0.000000126. The van der Waals surface area contributed by atoms with Gasteiger partial charge in [-0.3, -0.25) is 4.79 Å². The summed E-state index contributed by atoms with van der Waals surface area (Å²) in [6, 6.07) is 44.8. The van der Waals surface area contributed by atoms with Gasteiger partial charge in [0.1, 0.15) is 74.8 Å². The van der Waals surface area contributed by atoms with Crippen LogP contribution in [0.25, 0.3) is 43.1 Å². The highest BCUT2D eigenvalue weighted by Gasteiger charge is 2.47. The summed E-state index contributed by atoms with van der Waals surface area (Å²) in [6.45, 7) is 31.5. The number of carbonyl (C=O) groups is 1. The minimum Gasteiger partial charge on any atom is -0.493 e. The van der Waals surface area contributed by atoms with Crippen LogP contribution in [0, 0.1) is 88.8 Å². The summed E-state index contributed by atoms with van der Waals surface area (Å²) in [5.41, 5.74) is 3.00. The van der Waals surface area contributed by atoms with Gasteiger partial charge in [-0.15, -0.1) is 0 Å². The monoisotopic (exact) mass is 1800 g/mol. The van der Waals surface area contributed by atoms with Crippen molar-refractivity contribution >= 4 is 92.5 Å². The normalized spacial score (nSPS) is 27.2. The molecule has 7 aliphatic carbocycles. The molecular weight excluding hydrogens is 1630 g/mol. The number of carbonyl (C=O) groups excluding carboxylic acids is 1. The van der Waals surface area contributed by atoms with Crippen molar-refractivity contribution in [2.45, 2.75) is 340 Å². The Hall–Kier alpha value is -5.33. The maximum absolute atomic E-state index is 12.4. The Kier molecular flexibility index (Phi) is 33.4. The summed E-state index contributed by atoms with van der Waals surface area (Å²) >= 11 is 0. The van der Waals surface area contributed by atoms with E-state index in [1.807, 2.05) is 0 Å². The Morgan fingerprint density at radius 2 is 0.780 bits per heavy atom. The molecule has 11 heteroatoms. The average Bonchev–Trinajstić information content (AvgIpc) is 1.77. The molecule has 0 radical (unpaired) electrons. The second-order valence-electron chi connectivity index (χ2n) is 44.2. The maximum atomic E-state index is 12.4. The van der Waals surface area contributed by atoms with Crippen LogP contribution in [0.5, 0.6) is 34.5 Å². The zero-order valence-electron chi connectivity index (χ0n) is 80.9. The smallest absolute Gasteiger partial charge is 0.204 e. The molecule has 6 unspecified atom stereocenters. The molecule has 19 rings (SSSR count). The van der Waals surface area contributed by atoms with Crippen molar-refractivity contribution in [3.05, 3.63) is 132 Å². The highest BCUT2D eigenvalue weighted by Crippen LogP contribution is 2.51. The molecule has 4 aliphatic heterocycles. The van der Waals surface area contributed by atoms with Crippen molar-refractivity contribution in [3.63, 3.8) is 0 Å². The number of benzene rings is 8. The Bertz CT molecular complexity index is 4820. The molecule has 7 nitrogen and oxygen atoms in total. The van der Waals surface area contributed by atoms with Gasteiger partial charge in [-0.2, -0.15) is 0 Å². The number of hydrogen-bond donors (Lipinski definition) is 0. The number of ether oxygens (including phenoxy) is 6. The van der Waals surface area contributed by atoms with Gasteiger partial charge >= 0.3 is 0 Å². The SMILES string of the molecule is CC(=O)c1cc([S+]2CCCC2)c2ccccc2c1OCCC1CCCC1.CC1C[S+](c2c(OC3CCC(C(C)(C)C)CC3)cc(OC3CCC(C(C)(C)C)CC3)c3ccccc23)CC1C.Cc1cc(OCCC2CCCCC2)c2ccccc2c1[S+]1CC(C)C(C)C1.c1cc(OCC2CCCCC2)c2c([S+]3CC4CCCCC4C3)ccc(OCC3CCCCC3)c2c1. The first-order chi connectivity index (χ1) is 61.6. The van der Waals surface area contributed by atoms with E-state index >= 15 is 0 Å². The van der Waals surface area contributed by atoms with E-state index in [1.165, 1.54) is 305 Å². The number of aryl methyl sites for hydroxylation is 1. The van der Waals surface area contributed by atoms with Gasteiger partial charge in [-0.25, -0.2) is 0 Å². The molecule has 11 aliphatic rings. The van der Waals surface area contributed by atoms with Crippen molar-refractivity contribution < 1.29 is 33.2 Å². The highest BCUT2D eigenvalue weighted by molar-refractivity contribution is 7.98. The molecule has 0 aromatic heterocycles. The fourth-order valence-corrected chi connectivity index (χ4v) is 36.6. The van der Waals surface area contributed by atoms with Gasteiger partial charge in [-0.1, -0.05) is 245 Å². The Morgan fingerprint density at radius 1 is 0.346 bits per heavy atom. The van der Waals surface area contributed by atoms with Crippen LogP contribution in [-0.4, -0.2) is 90.4 Å². The lowest BCUT2D eigenvalue weighted by Crippen LogP contribution is -2.31. The van der Waals surface area contributed by atoms with Crippen LogP contribution in [0.2, 0.25) is 0 Å². The van der Waals surface area contributed by atoms with Crippen LogP contribution in [-0.2, 0) is 43.6 Å². The van der Waals surface area contributed by atoms with Crippen LogP contribution in [0.1, 0.15) is 317 Å². The lowest BCUT2D eigenvalue weighted by atomic mass is 9.72. The molecule has 690 valence electrons. The zero-order valence-corrected chi connectivity index (χ0v) is 84.1. The van der Waals surface area contributed by atoms with Gasteiger partial charge in [0, 0.05) is 134 Å². The average molecular weight is 1800 g/mol. The summed E-state index contributed by atoms with van der Waals surface area (Å²) in [5, 5.41) is 10.5. The molecule has 6 atom stereocenters. The molecule has 4 heterocycles. The Labute approximate surface area is 780 Å². The predicted molar refractivity (Wildman–Crippen MR) is 548 cm³/mol. The van der Waals surface area contributed by atoms with Crippen molar-refractivity contribution in [1.82, 2.24) is 0 Å². The Morgan fingerprint density at radius 3 is 1.30 bits per heavy atom. The van der Waals surface area contributed by atoms with Gasteiger partial charge in [0.25, 0.3) is 0 Å². The lowest BCUT2D eigenvalue weighted by molar-refractivity contribution is 0.0830. The number of rotatable bonds is 23. The molecule has 0 bridgehead atoms. The summed E-state index contributed by atoms with van der Waals surface area (Å²) in [5.74, 6) is 26.9. The van der Waals surface area contributed by atoms with Crippen molar-refractivity contribution in [2.75, 3.05) is 72.5 Å². The van der Waals surface area contributed by atoms with Crippen molar-refractivity contribution in [1.29, 1.82) is 0 Å². The molecule has 8 aromatic carbocycles. The van der Waals surface area contributed by atoms with Crippen molar-refractivity contribution in [2.24, 2.45) is 81.8 Å². The van der Waals surface area contributed by atoms with E-state index in [4.69, 9.17) is 28.4 Å². The van der Waals surface area contributed by atoms with E-state index in [1.54, 1.807) is 16.7 Å². The van der Waals surface area contributed by atoms with Crippen LogP contribution in [0.15, 0.2) is 141 Å². The first-order valence-electron chi connectivity index (χ1n) is 51.9. The van der Waals surface area contributed by atoms with E-state index in [0.29, 0.717) is 44.8 Å². The molecule has 0 N–H and O–H groups in total. The lowest BCUT2D eigenvalue weighted by Gasteiger charge is -2.37. The second-order valence-corrected chi connectivity index (χ2v) is 52.6. The third-order valence-electron chi connectivity index (χ3n) is 32.8. The minimum absolute atomic E-state index is 0.121. The number of ketones is 1. The minimum atomic E-state index is 0.121. The third kappa shape index (κ3) is 24.1. The molecule has 11 fully saturated rings. The fraction of sp³-hybridized carbons (Fsp3) is 0.647. The van der Waals surface area contributed by atoms with E-state index in [0.717, 1.165) is 162 Å². The van der Waals surface area contributed by atoms with Gasteiger partial charge < -0.3 is 28.4 Å².